The van der Waals surface area contributed by atoms with Gasteiger partial charge in [-0.15, -0.1) is 0 Å². The summed E-state index contributed by atoms with van der Waals surface area (Å²) >= 11 is 0. The lowest BCUT2D eigenvalue weighted by Gasteiger charge is -2.46. The highest BCUT2D eigenvalue weighted by molar-refractivity contribution is 7.92. The summed E-state index contributed by atoms with van der Waals surface area (Å²) in [7, 11) is -4.24. The summed E-state index contributed by atoms with van der Waals surface area (Å²) in [5, 5.41) is -1.05. The molecule has 1 aliphatic rings. The van der Waals surface area contributed by atoms with E-state index in [2.05, 4.69) is 0 Å². The average molecular weight is 755 g/mol. The zero-order valence-electron chi connectivity index (χ0n) is 30.6. The normalized spacial score (nSPS) is 20.0. The van der Waals surface area contributed by atoms with Crippen LogP contribution in [-0.4, -0.2) is 44.9 Å². The highest BCUT2D eigenvalue weighted by Gasteiger charge is 2.55. The Kier molecular flexibility index (Phi) is 13.3. The fourth-order valence-corrected chi connectivity index (χ4v) is 9.22. The molecule has 8 heteroatoms. The van der Waals surface area contributed by atoms with Crippen LogP contribution in [0.4, 0.5) is 0 Å². The van der Waals surface area contributed by atoms with Gasteiger partial charge in [0.25, 0.3) is 0 Å². The van der Waals surface area contributed by atoms with E-state index in [-0.39, 0.29) is 26.4 Å². The quantitative estimate of drug-likeness (QED) is 0.0921. The van der Waals surface area contributed by atoms with Crippen molar-refractivity contribution in [1.29, 1.82) is 0 Å². The Morgan fingerprint density at radius 3 is 1.20 bits per heavy atom. The third-order valence-corrected chi connectivity index (χ3v) is 11.9. The van der Waals surface area contributed by atoms with Crippen LogP contribution in [-0.2, 0) is 59.9 Å². The molecule has 1 aliphatic heterocycles. The smallest absolute Gasteiger partial charge is 0.191 e. The van der Waals surface area contributed by atoms with E-state index in [1.807, 2.05) is 182 Å². The van der Waals surface area contributed by atoms with Crippen molar-refractivity contribution in [1.82, 2.24) is 0 Å². The molecule has 1 heterocycles. The standard InChI is InChI=1S/C47H46O7S/c48-55(49,46(40-27-15-5-16-28-40)41-29-17-6-18-30-41)47-45(53-34-39-25-13-4-14-26-39)44(52-33-38-23-11-3-12-24-38)43(51-32-37-21-9-2-10-22-37)42(54-47)35-50-31-36-19-7-1-8-20-36/h1-30,42-47H,31-35H2/t42-,43-,44+,45-,47-/m1/s1. The van der Waals surface area contributed by atoms with Crippen LogP contribution < -0.4 is 0 Å². The molecular weight excluding hydrogens is 709 g/mol. The fraction of sp³-hybridized carbons (Fsp3) is 0.234. The molecule has 0 aliphatic carbocycles. The summed E-state index contributed by atoms with van der Waals surface area (Å²) < 4.78 is 64.5. The van der Waals surface area contributed by atoms with E-state index in [9.17, 15) is 0 Å². The molecule has 0 amide bonds. The summed E-state index contributed by atoms with van der Waals surface area (Å²) in [6.07, 6.45) is -3.57. The lowest BCUT2D eigenvalue weighted by Crippen LogP contribution is -2.63. The van der Waals surface area contributed by atoms with Crippen molar-refractivity contribution in [2.75, 3.05) is 6.61 Å². The minimum Gasteiger partial charge on any atom is -0.374 e. The molecule has 0 bridgehead atoms. The molecule has 5 atom stereocenters. The van der Waals surface area contributed by atoms with Gasteiger partial charge in [0, 0.05) is 0 Å². The average Bonchev–Trinajstić information content (AvgIpc) is 3.24. The Morgan fingerprint density at radius 1 is 0.436 bits per heavy atom. The number of rotatable bonds is 17. The van der Waals surface area contributed by atoms with Crippen molar-refractivity contribution in [3.05, 3.63) is 215 Å². The Hall–Kier alpha value is -4.93. The van der Waals surface area contributed by atoms with Gasteiger partial charge in [-0.2, -0.15) is 0 Å². The van der Waals surface area contributed by atoms with Gasteiger partial charge >= 0.3 is 0 Å². The van der Waals surface area contributed by atoms with Gasteiger partial charge in [0.1, 0.15) is 29.7 Å². The summed E-state index contributed by atoms with van der Waals surface area (Å²) in [6, 6.07) is 57.8. The van der Waals surface area contributed by atoms with Crippen molar-refractivity contribution in [3.8, 4) is 0 Å². The van der Waals surface area contributed by atoms with Crippen molar-refractivity contribution >= 4 is 9.84 Å². The van der Waals surface area contributed by atoms with Crippen LogP contribution in [0.15, 0.2) is 182 Å². The first kappa shape index (κ1) is 38.3. The molecule has 6 aromatic carbocycles. The molecule has 0 unspecified atom stereocenters. The van der Waals surface area contributed by atoms with Gasteiger partial charge in [-0.3, -0.25) is 0 Å². The Bertz CT molecular complexity index is 2060. The second kappa shape index (κ2) is 19.1. The van der Waals surface area contributed by atoms with Crippen LogP contribution in [0.5, 0.6) is 0 Å². The van der Waals surface area contributed by atoms with E-state index in [1.165, 1.54) is 0 Å². The molecule has 7 nitrogen and oxygen atoms in total. The number of hydrogen-bond acceptors (Lipinski definition) is 7. The van der Waals surface area contributed by atoms with Gasteiger partial charge in [-0.25, -0.2) is 8.42 Å². The van der Waals surface area contributed by atoms with Crippen LogP contribution in [0.1, 0.15) is 38.6 Å². The maximum atomic E-state index is 15.5. The molecule has 7 rings (SSSR count). The summed E-state index contributed by atoms with van der Waals surface area (Å²) in [5.41, 5.74) is 3.56. The first-order valence-electron chi connectivity index (χ1n) is 18.6. The molecule has 1 saturated heterocycles. The maximum absolute atomic E-state index is 15.5. The molecule has 0 N–H and O–H groups in total. The first-order valence-corrected chi connectivity index (χ1v) is 20.2. The van der Waals surface area contributed by atoms with Crippen molar-refractivity contribution < 1.29 is 32.1 Å². The molecule has 0 radical (unpaired) electrons. The van der Waals surface area contributed by atoms with Gasteiger partial charge in [-0.1, -0.05) is 182 Å². The number of sulfone groups is 1. The lowest BCUT2D eigenvalue weighted by molar-refractivity contribution is -0.256. The third-order valence-electron chi connectivity index (χ3n) is 9.70. The van der Waals surface area contributed by atoms with E-state index in [1.54, 1.807) is 0 Å². The predicted octanol–water partition coefficient (Wildman–Crippen LogP) is 8.89. The monoisotopic (exact) mass is 754 g/mol. The van der Waals surface area contributed by atoms with E-state index >= 15 is 8.42 Å². The van der Waals surface area contributed by atoms with E-state index in [0.717, 1.165) is 22.3 Å². The molecule has 1 fully saturated rings. The number of benzene rings is 6. The van der Waals surface area contributed by atoms with Crippen molar-refractivity contribution in [2.24, 2.45) is 0 Å². The minimum atomic E-state index is -4.24. The second-order valence-corrected chi connectivity index (χ2v) is 15.7. The highest BCUT2D eigenvalue weighted by Crippen LogP contribution is 2.40. The van der Waals surface area contributed by atoms with Crippen molar-refractivity contribution in [2.45, 2.75) is 61.5 Å². The molecule has 282 valence electrons. The first-order chi connectivity index (χ1) is 27.1. The van der Waals surface area contributed by atoms with Gasteiger partial charge in [0.05, 0.1) is 33.0 Å². The van der Waals surface area contributed by atoms with E-state index in [0.29, 0.717) is 17.7 Å². The van der Waals surface area contributed by atoms with Crippen LogP contribution in [0, 0.1) is 0 Å². The van der Waals surface area contributed by atoms with E-state index in [4.69, 9.17) is 23.7 Å². The molecule has 55 heavy (non-hydrogen) atoms. The largest absolute Gasteiger partial charge is 0.374 e. The second-order valence-electron chi connectivity index (χ2n) is 13.6. The van der Waals surface area contributed by atoms with Gasteiger partial charge in [0.2, 0.25) is 0 Å². The van der Waals surface area contributed by atoms with Gasteiger partial charge in [0.15, 0.2) is 15.3 Å². The van der Waals surface area contributed by atoms with Crippen LogP contribution in [0.3, 0.4) is 0 Å². The summed E-state index contributed by atoms with van der Waals surface area (Å²) in [6.45, 7) is 0.942. The zero-order valence-corrected chi connectivity index (χ0v) is 31.4. The molecular formula is C47H46O7S. The Labute approximate surface area is 324 Å². The maximum Gasteiger partial charge on any atom is 0.191 e. The molecule has 0 spiro atoms. The number of ether oxygens (including phenoxy) is 5. The molecule has 0 saturated carbocycles. The fourth-order valence-electron chi connectivity index (χ4n) is 6.97. The number of hydrogen-bond donors (Lipinski definition) is 0. The minimum absolute atomic E-state index is 0.0539. The van der Waals surface area contributed by atoms with Gasteiger partial charge in [-0.05, 0) is 33.4 Å². The zero-order chi connectivity index (χ0) is 37.7. The van der Waals surface area contributed by atoms with Crippen LogP contribution in [0.2, 0.25) is 0 Å². The summed E-state index contributed by atoms with van der Waals surface area (Å²) in [4.78, 5) is 0. The third kappa shape index (κ3) is 10.0. The van der Waals surface area contributed by atoms with Crippen molar-refractivity contribution in [3.63, 3.8) is 0 Å². The van der Waals surface area contributed by atoms with Crippen LogP contribution in [0.25, 0.3) is 0 Å². The molecule has 6 aromatic rings. The molecule has 0 aromatic heterocycles. The van der Waals surface area contributed by atoms with E-state index < -0.39 is 44.9 Å². The highest BCUT2D eigenvalue weighted by atomic mass is 32.2. The Morgan fingerprint density at radius 2 is 0.782 bits per heavy atom. The SMILES string of the molecule is O=S(=O)(C(c1ccccc1)c1ccccc1)[C@H]1O[C@H](COCc2ccccc2)[C@@H](OCc2ccccc2)[C@H](OCc2ccccc2)[C@H]1OCc1ccccc1. The predicted molar refractivity (Wildman–Crippen MR) is 213 cm³/mol. The topological polar surface area (TPSA) is 80.3 Å². The lowest BCUT2D eigenvalue weighted by atomic mass is 9.98. The summed E-state index contributed by atoms with van der Waals surface area (Å²) in [5.74, 6) is 0. The van der Waals surface area contributed by atoms with Gasteiger partial charge < -0.3 is 23.7 Å². The van der Waals surface area contributed by atoms with Crippen LogP contribution >= 0.6 is 0 Å². The Balaban J connectivity index is 1.31.